The maximum absolute atomic E-state index is 14.1. The Morgan fingerprint density at radius 2 is 1.84 bits per heavy atom. The van der Waals surface area contributed by atoms with E-state index in [0.29, 0.717) is 66.9 Å². The van der Waals surface area contributed by atoms with Gasteiger partial charge < -0.3 is 25.6 Å². The maximum Gasteiger partial charge on any atom is 0.319 e. The van der Waals surface area contributed by atoms with Gasteiger partial charge in [-0.05, 0) is 62.2 Å². The van der Waals surface area contributed by atoms with E-state index in [4.69, 9.17) is 26.3 Å². The first-order chi connectivity index (χ1) is 20.7. The fraction of sp³-hybridized carbons (Fsp3) is 0.414. The zero-order chi connectivity index (χ0) is 30.6. The van der Waals surface area contributed by atoms with E-state index in [1.54, 1.807) is 36.4 Å². The summed E-state index contributed by atoms with van der Waals surface area (Å²) < 4.78 is 57.6. The number of alkyl halides is 2. The average molecular weight is 635 g/mol. The van der Waals surface area contributed by atoms with Crippen molar-refractivity contribution in [1.29, 1.82) is 0 Å². The number of nitrogens with one attached hydrogen (secondary N) is 3. The maximum atomic E-state index is 14.1. The smallest absolute Gasteiger partial charge is 0.319 e. The molecule has 230 valence electrons. The summed E-state index contributed by atoms with van der Waals surface area (Å²) in [6.45, 7) is 2.32. The van der Waals surface area contributed by atoms with Gasteiger partial charge in [-0.3, -0.25) is 0 Å². The van der Waals surface area contributed by atoms with Crippen LogP contribution in [0.15, 0.2) is 53.4 Å². The van der Waals surface area contributed by atoms with E-state index in [2.05, 4.69) is 20.9 Å². The van der Waals surface area contributed by atoms with Crippen molar-refractivity contribution in [2.45, 2.75) is 35.4 Å². The molecule has 2 aliphatic rings. The summed E-state index contributed by atoms with van der Waals surface area (Å²) in [6, 6.07) is 12.4. The van der Waals surface area contributed by atoms with Crippen LogP contribution in [0, 0.1) is 0 Å². The number of hydrogen-bond acceptors (Lipinski definition) is 8. The molecular weight excluding hydrogens is 602 g/mol. The van der Waals surface area contributed by atoms with Crippen molar-refractivity contribution < 1.29 is 26.7 Å². The van der Waals surface area contributed by atoms with Crippen LogP contribution in [-0.2, 0) is 19.3 Å². The number of aromatic nitrogens is 2. The van der Waals surface area contributed by atoms with E-state index in [1.807, 2.05) is 6.92 Å². The number of rotatable bonds is 11. The third-order valence-corrected chi connectivity index (χ3v) is 10.3. The lowest BCUT2D eigenvalue weighted by Gasteiger charge is -2.34. The second-order valence-electron chi connectivity index (χ2n) is 10.5. The Kier molecular flexibility index (Phi) is 9.33. The SMILES string of the molecule is C[C@H]1COCCN1c1cc(C2(S(=O)(=O)c3ccc(NCCF)c(Cl)c3)CC2)nc(-c2ccc(NC(=O)NCCF)cc2)n1. The van der Waals surface area contributed by atoms with Crippen LogP contribution in [0.25, 0.3) is 11.4 Å². The number of amides is 2. The van der Waals surface area contributed by atoms with Gasteiger partial charge in [0.2, 0.25) is 0 Å². The number of halogens is 3. The normalized spacial score (nSPS) is 17.8. The molecule has 0 spiro atoms. The number of morpholine rings is 1. The molecule has 1 saturated heterocycles. The van der Waals surface area contributed by atoms with E-state index < -0.39 is 34.0 Å². The van der Waals surface area contributed by atoms with Gasteiger partial charge in [0.25, 0.3) is 0 Å². The minimum Gasteiger partial charge on any atom is -0.381 e. The third kappa shape index (κ3) is 6.53. The van der Waals surface area contributed by atoms with Gasteiger partial charge >= 0.3 is 6.03 Å². The van der Waals surface area contributed by atoms with Crippen LogP contribution in [0.4, 0.5) is 30.8 Å². The summed E-state index contributed by atoms with van der Waals surface area (Å²) in [5, 5.41) is 8.06. The van der Waals surface area contributed by atoms with Gasteiger partial charge in [0.15, 0.2) is 15.7 Å². The van der Waals surface area contributed by atoms with Crippen molar-refractivity contribution in [3.63, 3.8) is 0 Å². The van der Waals surface area contributed by atoms with Gasteiger partial charge in [0.1, 0.15) is 23.9 Å². The summed E-state index contributed by atoms with van der Waals surface area (Å²) in [4.78, 5) is 23.7. The topological polar surface area (TPSA) is 126 Å². The van der Waals surface area contributed by atoms with E-state index in [0.717, 1.165) is 0 Å². The molecule has 1 aromatic heterocycles. The van der Waals surface area contributed by atoms with Crippen LogP contribution in [-0.4, -0.2) is 76.7 Å². The number of ether oxygens (including phenoxy) is 1. The second-order valence-corrected chi connectivity index (χ2v) is 13.1. The minimum atomic E-state index is -3.93. The third-order valence-electron chi connectivity index (χ3n) is 7.50. The van der Waals surface area contributed by atoms with Gasteiger partial charge in [-0.15, -0.1) is 0 Å². The second kappa shape index (κ2) is 13.0. The zero-order valence-corrected chi connectivity index (χ0v) is 25.1. The Morgan fingerprint density at radius 3 is 2.49 bits per heavy atom. The molecule has 0 bridgehead atoms. The summed E-state index contributed by atoms with van der Waals surface area (Å²) in [7, 11) is -3.93. The lowest BCUT2D eigenvalue weighted by atomic mass is 10.1. The first-order valence-corrected chi connectivity index (χ1v) is 15.8. The van der Waals surface area contributed by atoms with Crippen LogP contribution >= 0.6 is 11.6 Å². The molecule has 10 nitrogen and oxygen atoms in total. The highest BCUT2D eigenvalue weighted by Crippen LogP contribution is 2.55. The molecule has 1 aliphatic carbocycles. The van der Waals surface area contributed by atoms with Crippen LogP contribution in [0.5, 0.6) is 0 Å². The molecule has 1 atom stereocenters. The van der Waals surface area contributed by atoms with Gasteiger partial charge in [-0.25, -0.2) is 32.0 Å². The summed E-state index contributed by atoms with van der Waals surface area (Å²) in [5.74, 6) is 0.929. The molecule has 2 fully saturated rings. The average Bonchev–Trinajstić information content (AvgIpc) is 3.83. The molecule has 14 heteroatoms. The molecular formula is C29H33ClF2N6O4S. The molecule has 5 rings (SSSR count). The molecule has 3 aromatic rings. The van der Waals surface area contributed by atoms with Gasteiger partial charge in [-0.1, -0.05) is 11.6 Å². The van der Waals surface area contributed by atoms with Crippen molar-refractivity contribution in [3.8, 4) is 11.4 Å². The van der Waals surface area contributed by atoms with Gasteiger partial charge in [-0.2, -0.15) is 0 Å². The van der Waals surface area contributed by atoms with Crippen molar-refractivity contribution in [3.05, 3.63) is 59.2 Å². The van der Waals surface area contributed by atoms with Crippen LogP contribution in [0.2, 0.25) is 5.02 Å². The van der Waals surface area contributed by atoms with Crippen LogP contribution in [0.1, 0.15) is 25.5 Å². The zero-order valence-electron chi connectivity index (χ0n) is 23.6. The predicted octanol–water partition coefficient (Wildman–Crippen LogP) is 4.96. The standard InChI is InChI=1S/C29H33ClF2N6O4S/c1-19-18-42-15-14-38(19)26-17-25(36-27(37-26)20-2-4-21(5-3-20)35-28(39)34-13-11-32)29(8-9-29)43(40,41)22-6-7-24(23(30)16-22)33-12-10-31/h2-7,16-17,19,33H,8-15,18H2,1H3,(H2,34,35,39)/t19-/m0/s1. The van der Waals surface area contributed by atoms with Crippen molar-refractivity contribution in [2.24, 2.45) is 0 Å². The van der Waals surface area contributed by atoms with Gasteiger partial charge in [0.05, 0.1) is 40.6 Å². The molecule has 2 heterocycles. The van der Waals surface area contributed by atoms with Crippen molar-refractivity contribution >= 4 is 44.7 Å². The summed E-state index contributed by atoms with van der Waals surface area (Å²) in [6.07, 6.45) is 0.750. The Hall–Kier alpha value is -3.55. The summed E-state index contributed by atoms with van der Waals surface area (Å²) in [5.41, 5.74) is 1.95. The first-order valence-electron chi connectivity index (χ1n) is 14.0. The van der Waals surface area contributed by atoms with Crippen molar-refractivity contribution in [2.75, 3.05) is 61.7 Å². The number of benzene rings is 2. The Labute approximate surface area is 254 Å². The number of carbonyl (C=O) groups is 1. The molecule has 2 aromatic carbocycles. The van der Waals surface area contributed by atoms with E-state index in [9.17, 15) is 22.0 Å². The van der Waals surface area contributed by atoms with Crippen LogP contribution in [0.3, 0.4) is 0 Å². The largest absolute Gasteiger partial charge is 0.381 e. The predicted molar refractivity (Wildman–Crippen MR) is 162 cm³/mol. The van der Waals surface area contributed by atoms with E-state index in [1.165, 1.54) is 12.1 Å². The molecule has 2 amide bonds. The van der Waals surface area contributed by atoms with Gasteiger partial charge in [0, 0.05) is 37.0 Å². The Balaban J connectivity index is 1.52. The van der Waals surface area contributed by atoms with E-state index >= 15 is 0 Å². The number of carbonyl (C=O) groups excluding carboxylic acids is 1. The quantitative estimate of drug-likeness (QED) is 0.270. The number of hydrogen-bond donors (Lipinski definition) is 3. The number of urea groups is 1. The number of sulfone groups is 1. The Bertz CT molecular complexity index is 1570. The lowest BCUT2D eigenvalue weighted by molar-refractivity contribution is 0.0985. The summed E-state index contributed by atoms with van der Waals surface area (Å²) >= 11 is 6.36. The fourth-order valence-electron chi connectivity index (χ4n) is 5.04. The first kappa shape index (κ1) is 30.9. The molecule has 0 unspecified atom stereocenters. The van der Waals surface area contributed by atoms with Crippen LogP contribution < -0.4 is 20.9 Å². The molecule has 43 heavy (non-hydrogen) atoms. The van der Waals surface area contributed by atoms with E-state index in [-0.39, 0.29) is 29.0 Å². The highest BCUT2D eigenvalue weighted by Gasteiger charge is 2.58. The molecule has 0 radical (unpaired) electrons. The molecule has 3 N–H and O–H groups in total. The highest BCUT2D eigenvalue weighted by molar-refractivity contribution is 7.92. The monoisotopic (exact) mass is 634 g/mol. The lowest BCUT2D eigenvalue weighted by Crippen LogP contribution is -2.44. The Morgan fingerprint density at radius 1 is 1.09 bits per heavy atom. The molecule has 1 saturated carbocycles. The number of anilines is 3. The fourth-order valence-corrected chi connectivity index (χ4v) is 7.34. The number of nitrogens with zero attached hydrogens (tertiary/aromatic N) is 3. The minimum absolute atomic E-state index is 0.00805. The molecule has 1 aliphatic heterocycles. The van der Waals surface area contributed by atoms with Crippen molar-refractivity contribution in [1.82, 2.24) is 15.3 Å². The highest BCUT2D eigenvalue weighted by atomic mass is 35.5.